The van der Waals surface area contributed by atoms with Gasteiger partial charge < -0.3 is 37.3 Å². The fourth-order valence-corrected chi connectivity index (χ4v) is 3.41. The molecule has 154 valence electrons. The maximum absolute atomic E-state index is 10.9. The summed E-state index contributed by atoms with van der Waals surface area (Å²) in [5.41, 5.74) is 17.8. The highest BCUT2D eigenvalue weighted by atomic mass is 16.6. The van der Waals surface area contributed by atoms with Gasteiger partial charge in [0, 0.05) is 0 Å². The number of aliphatic hydroxyl groups excluding tert-OH is 2. The minimum Gasteiger partial charge on any atom is -0.480 e. The van der Waals surface area contributed by atoms with Gasteiger partial charge in [0.25, 0.3) is 0 Å². The highest BCUT2D eigenvalue weighted by Crippen LogP contribution is 2.35. The molecule has 0 aromatic carbocycles. The third-order valence-electron chi connectivity index (χ3n) is 5.10. The Bertz CT molecular complexity index is 831. The maximum atomic E-state index is 10.9. The van der Waals surface area contributed by atoms with Crippen LogP contribution >= 0.6 is 0 Å². The number of nitrogen functional groups attached to an aromatic ring is 1. The van der Waals surface area contributed by atoms with Crippen LogP contribution < -0.4 is 17.2 Å². The lowest BCUT2D eigenvalue weighted by Crippen LogP contribution is -2.35. The standard InChI is InChI=1S/C16H25N7O5/c17-4-7(1-2-8(18)16(26)27)3-9-11(24)12(25)15(28-9)23-6-22-10-13(19)20-5-21-14(10)23/h5-9,11-12,15,24-25H,1-4,17-18H2,(H,26,27)(H2,19,20,21)/t7-,8-,9+,11?,12?,15+/m0/s1. The Morgan fingerprint density at radius 3 is 2.68 bits per heavy atom. The molecule has 0 amide bonds. The van der Waals surface area contributed by atoms with Gasteiger partial charge in [-0.2, -0.15) is 0 Å². The molecule has 9 N–H and O–H groups in total. The van der Waals surface area contributed by atoms with E-state index in [0.29, 0.717) is 24.0 Å². The van der Waals surface area contributed by atoms with E-state index in [1.165, 1.54) is 17.2 Å². The average Bonchev–Trinajstić information content (AvgIpc) is 3.21. The van der Waals surface area contributed by atoms with Gasteiger partial charge in [0.15, 0.2) is 17.7 Å². The quantitative estimate of drug-likeness (QED) is 0.293. The highest BCUT2D eigenvalue weighted by molar-refractivity contribution is 5.81. The second-order valence-electron chi connectivity index (χ2n) is 6.99. The van der Waals surface area contributed by atoms with E-state index in [0.717, 1.165) is 0 Å². The number of carboxylic acids is 1. The smallest absolute Gasteiger partial charge is 0.320 e. The lowest BCUT2D eigenvalue weighted by atomic mass is 9.92. The summed E-state index contributed by atoms with van der Waals surface area (Å²) in [6, 6.07) is -0.968. The number of nitrogens with zero attached hydrogens (tertiary/aromatic N) is 4. The van der Waals surface area contributed by atoms with Crippen molar-refractivity contribution in [3.8, 4) is 0 Å². The number of carbonyl (C=O) groups is 1. The predicted octanol–water partition coefficient (Wildman–Crippen LogP) is -1.82. The monoisotopic (exact) mass is 395 g/mol. The summed E-state index contributed by atoms with van der Waals surface area (Å²) in [6.07, 6.45) is -0.177. The molecule has 28 heavy (non-hydrogen) atoms. The molecule has 0 spiro atoms. The lowest BCUT2D eigenvalue weighted by Gasteiger charge is -2.22. The fraction of sp³-hybridized carbons (Fsp3) is 0.625. The van der Waals surface area contributed by atoms with Gasteiger partial charge in [-0.1, -0.05) is 0 Å². The maximum Gasteiger partial charge on any atom is 0.320 e. The van der Waals surface area contributed by atoms with E-state index in [1.807, 2.05) is 0 Å². The minimum atomic E-state index is -1.21. The molecule has 12 nitrogen and oxygen atoms in total. The molecular weight excluding hydrogens is 370 g/mol. The number of aromatic nitrogens is 4. The molecule has 1 fully saturated rings. The summed E-state index contributed by atoms with van der Waals surface area (Å²) in [5, 5.41) is 29.8. The third-order valence-corrected chi connectivity index (χ3v) is 5.10. The predicted molar refractivity (Wildman–Crippen MR) is 97.7 cm³/mol. The summed E-state index contributed by atoms with van der Waals surface area (Å²) in [4.78, 5) is 23.0. The van der Waals surface area contributed by atoms with Gasteiger partial charge in [-0.25, -0.2) is 15.0 Å². The zero-order valence-corrected chi connectivity index (χ0v) is 15.1. The summed E-state index contributed by atoms with van der Waals surface area (Å²) in [6.45, 7) is 0.275. The number of rotatable bonds is 8. The van der Waals surface area contributed by atoms with Crippen molar-refractivity contribution in [2.75, 3.05) is 12.3 Å². The molecule has 3 rings (SSSR count). The largest absolute Gasteiger partial charge is 0.480 e. The van der Waals surface area contributed by atoms with Gasteiger partial charge in [-0.3, -0.25) is 9.36 Å². The second-order valence-corrected chi connectivity index (χ2v) is 6.99. The number of carboxylic acid groups (broad SMARTS) is 1. The number of aliphatic carboxylic acids is 1. The molecule has 1 aliphatic rings. The van der Waals surface area contributed by atoms with E-state index < -0.39 is 36.6 Å². The number of nitrogens with two attached hydrogens (primary N) is 3. The van der Waals surface area contributed by atoms with Crippen molar-refractivity contribution in [1.29, 1.82) is 0 Å². The number of ether oxygens (including phenoxy) is 1. The van der Waals surface area contributed by atoms with E-state index >= 15 is 0 Å². The number of hydrogen-bond donors (Lipinski definition) is 6. The molecule has 2 aromatic rings. The normalized spacial score (nSPS) is 27.1. The molecule has 0 bridgehead atoms. The van der Waals surface area contributed by atoms with Crippen LogP contribution in [0.3, 0.4) is 0 Å². The first-order valence-corrected chi connectivity index (χ1v) is 8.96. The third kappa shape index (κ3) is 3.91. The molecule has 0 saturated carbocycles. The molecule has 6 atom stereocenters. The van der Waals surface area contributed by atoms with Crippen LogP contribution in [0.15, 0.2) is 12.7 Å². The first-order chi connectivity index (χ1) is 13.3. The zero-order chi connectivity index (χ0) is 20.4. The summed E-state index contributed by atoms with van der Waals surface area (Å²) < 4.78 is 7.38. The van der Waals surface area contributed by atoms with Crippen molar-refractivity contribution in [2.24, 2.45) is 17.4 Å². The lowest BCUT2D eigenvalue weighted by molar-refractivity contribution is -0.138. The average molecular weight is 395 g/mol. The van der Waals surface area contributed by atoms with Gasteiger partial charge in [0.1, 0.15) is 30.1 Å². The SMILES string of the molecule is NC[C@@H](CC[C@H](N)C(=O)O)C[C@H]1O[C@@H](n2cnc3c(N)ncnc32)C(O)C1O. The van der Waals surface area contributed by atoms with Crippen molar-refractivity contribution in [1.82, 2.24) is 19.5 Å². The second kappa shape index (κ2) is 8.32. The molecule has 2 unspecified atom stereocenters. The fourth-order valence-electron chi connectivity index (χ4n) is 3.41. The topological polar surface area (TPSA) is 209 Å². The number of imidazole rings is 1. The number of aliphatic hydroxyl groups is 2. The van der Waals surface area contributed by atoms with Crippen LogP contribution in [0, 0.1) is 5.92 Å². The molecule has 0 radical (unpaired) electrons. The van der Waals surface area contributed by atoms with Crippen molar-refractivity contribution in [2.45, 2.75) is 49.8 Å². The Kier molecular flexibility index (Phi) is 6.05. The van der Waals surface area contributed by atoms with E-state index in [-0.39, 0.29) is 24.7 Å². The molecule has 2 aromatic heterocycles. The van der Waals surface area contributed by atoms with Gasteiger partial charge >= 0.3 is 5.97 Å². The van der Waals surface area contributed by atoms with Crippen LogP contribution in [0.2, 0.25) is 0 Å². The van der Waals surface area contributed by atoms with Crippen LogP contribution in [0.4, 0.5) is 5.82 Å². The Balaban J connectivity index is 1.71. The van der Waals surface area contributed by atoms with E-state index in [9.17, 15) is 15.0 Å². The molecule has 3 heterocycles. The Morgan fingerprint density at radius 1 is 1.25 bits per heavy atom. The summed E-state index contributed by atoms with van der Waals surface area (Å²) >= 11 is 0. The summed E-state index contributed by atoms with van der Waals surface area (Å²) in [5.74, 6) is -0.989. The highest BCUT2D eigenvalue weighted by Gasteiger charge is 2.44. The van der Waals surface area contributed by atoms with Crippen molar-refractivity contribution < 1.29 is 24.9 Å². The Labute approximate surface area is 160 Å². The van der Waals surface area contributed by atoms with Crippen LogP contribution in [-0.2, 0) is 9.53 Å². The van der Waals surface area contributed by atoms with Gasteiger partial charge in [-0.05, 0) is 31.7 Å². The van der Waals surface area contributed by atoms with Crippen LogP contribution in [0.5, 0.6) is 0 Å². The van der Waals surface area contributed by atoms with E-state index in [2.05, 4.69) is 15.0 Å². The number of hydrogen-bond acceptors (Lipinski definition) is 10. The minimum absolute atomic E-state index is 0.117. The zero-order valence-electron chi connectivity index (χ0n) is 15.1. The first-order valence-electron chi connectivity index (χ1n) is 8.96. The van der Waals surface area contributed by atoms with Crippen molar-refractivity contribution in [3.63, 3.8) is 0 Å². The van der Waals surface area contributed by atoms with E-state index in [4.69, 9.17) is 27.0 Å². The van der Waals surface area contributed by atoms with Crippen LogP contribution in [0.25, 0.3) is 11.2 Å². The Hall–Kier alpha value is -2.38. The van der Waals surface area contributed by atoms with Crippen molar-refractivity contribution >= 4 is 23.0 Å². The van der Waals surface area contributed by atoms with Gasteiger partial charge in [0.2, 0.25) is 0 Å². The summed E-state index contributed by atoms with van der Waals surface area (Å²) in [7, 11) is 0. The molecule has 12 heteroatoms. The molecular formula is C16H25N7O5. The first kappa shape index (κ1) is 20.4. The van der Waals surface area contributed by atoms with Crippen molar-refractivity contribution in [3.05, 3.63) is 12.7 Å². The van der Waals surface area contributed by atoms with Gasteiger partial charge in [0.05, 0.1) is 12.4 Å². The number of fused-ring (bicyclic) bond motifs is 1. The van der Waals surface area contributed by atoms with Crippen LogP contribution in [0.1, 0.15) is 25.5 Å². The molecule has 1 saturated heterocycles. The Morgan fingerprint density at radius 2 is 2.00 bits per heavy atom. The molecule has 0 aliphatic carbocycles. The van der Waals surface area contributed by atoms with Gasteiger partial charge in [-0.15, -0.1) is 0 Å². The van der Waals surface area contributed by atoms with Crippen LogP contribution in [-0.4, -0.2) is 71.7 Å². The number of anilines is 1. The van der Waals surface area contributed by atoms with E-state index in [1.54, 1.807) is 0 Å². The molecule has 1 aliphatic heterocycles.